The fourth-order valence-electron chi connectivity index (χ4n) is 3.12. The molecule has 4 rings (SSSR count). The van der Waals surface area contributed by atoms with Gasteiger partial charge >= 0.3 is 0 Å². The number of imidazole rings is 1. The maximum absolute atomic E-state index is 14.7. The van der Waals surface area contributed by atoms with Gasteiger partial charge in [0, 0.05) is 11.4 Å². The number of ether oxygens (including phenoxy) is 1. The van der Waals surface area contributed by atoms with E-state index in [1.807, 2.05) is 29.5 Å². The Morgan fingerprint density at radius 3 is 2.44 bits per heavy atom. The Morgan fingerprint density at radius 1 is 0.963 bits per heavy atom. The number of methoxy groups -OCH3 is 1. The molecule has 0 atom stereocenters. The van der Waals surface area contributed by atoms with Gasteiger partial charge in [0.05, 0.1) is 12.7 Å². The van der Waals surface area contributed by atoms with Crippen molar-refractivity contribution in [2.45, 2.75) is 6.92 Å². The van der Waals surface area contributed by atoms with Crippen LogP contribution in [0.1, 0.15) is 5.69 Å². The molecule has 2 aromatic heterocycles. The molecule has 0 aliphatic carbocycles. The van der Waals surface area contributed by atoms with Crippen molar-refractivity contribution >= 4 is 17.2 Å². The van der Waals surface area contributed by atoms with E-state index in [0.717, 1.165) is 5.69 Å². The van der Waals surface area contributed by atoms with Gasteiger partial charge in [-0.05, 0) is 55.5 Å². The lowest BCUT2D eigenvalue weighted by Crippen LogP contribution is -2.01. The van der Waals surface area contributed by atoms with E-state index in [2.05, 4.69) is 10.3 Å². The fourth-order valence-corrected chi connectivity index (χ4v) is 3.12. The Hall–Kier alpha value is -3.41. The van der Waals surface area contributed by atoms with Crippen LogP contribution in [0.3, 0.4) is 0 Å². The molecule has 2 heterocycles. The van der Waals surface area contributed by atoms with Gasteiger partial charge in [-0.15, -0.1) is 0 Å². The first-order chi connectivity index (χ1) is 13.1. The highest BCUT2D eigenvalue weighted by Crippen LogP contribution is 2.38. The van der Waals surface area contributed by atoms with Gasteiger partial charge in [-0.3, -0.25) is 4.40 Å². The van der Waals surface area contributed by atoms with E-state index in [0.29, 0.717) is 28.6 Å². The number of nitrogens with one attached hydrogen (secondary N) is 1. The smallest absolute Gasteiger partial charge is 0.143 e. The van der Waals surface area contributed by atoms with E-state index in [9.17, 15) is 8.78 Å². The van der Waals surface area contributed by atoms with Crippen molar-refractivity contribution in [3.05, 3.63) is 78.0 Å². The zero-order valence-corrected chi connectivity index (χ0v) is 14.8. The number of anilines is 2. The molecule has 0 aliphatic rings. The predicted octanol–water partition coefficient (Wildman–Crippen LogP) is 5.34. The minimum absolute atomic E-state index is 0.271. The van der Waals surface area contributed by atoms with E-state index in [-0.39, 0.29) is 11.4 Å². The second-order valence-corrected chi connectivity index (χ2v) is 6.12. The van der Waals surface area contributed by atoms with Crippen LogP contribution in [0.4, 0.5) is 20.3 Å². The number of aryl methyl sites for hydroxylation is 1. The third-order valence-corrected chi connectivity index (χ3v) is 4.38. The number of aromatic nitrogens is 2. The number of nitrogens with zero attached hydrogens (tertiary/aromatic N) is 2. The lowest BCUT2D eigenvalue weighted by molar-refractivity contribution is 0.413. The number of halogens is 2. The van der Waals surface area contributed by atoms with Crippen LogP contribution in [-0.2, 0) is 0 Å². The summed E-state index contributed by atoms with van der Waals surface area (Å²) in [4.78, 5) is 4.63. The molecular formula is C21H17F2N3O. The van der Waals surface area contributed by atoms with Crippen LogP contribution in [0.15, 0.2) is 60.7 Å². The molecule has 27 heavy (non-hydrogen) atoms. The Balaban J connectivity index is 1.98. The van der Waals surface area contributed by atoms with Gasteiger partial charge in [0.1, 0.15) is 34.5 Å². The largest absolute Gasteiger partial charge is 0.496 e. The zero-order chi connectivity index (χ0) is 19.0. The van der Waals surface area contributed by atoms with E-state index in [1.165, 1.54) is 25.3 Å². The molecule has 0 saturated carbocycles. The molecule has 1 N–H and O–H groups in total. The van der Waals surface area contributed by atoms with Crippen molar-refractivity contribution in [1.82, 2.24) is 9.38 Å². The lowest BCUT2D eigenvalue weighted by atomic mass is 10.1. The maximum Gasteiger partial charge on any atom is 0.143 e. The van der Waals surface area contributed by atoms with E-state index >= 15 is 0 Å². The molecule has 6 heteroatoms. The minimum Gasteiger partial charge on any atom is -0.496 e. The fraction of sp³-hybridized carbons (Fsp3) is 0.0952. The molecule has 0 radical (unpaired) electrons. The first-order valence-corrected chi connectivity index (χ1v) is 8.42. The number of hydrogen-bond donors (Lipinski definition) is 1. The molecule has 0 unspecified atom stereocenters. The number of hydrogen-bond acceptors (Lipinski definition) is 3. The van der Waals surface area contributed by atoms with Crippen LogP contribution in [0.2, 0.25) is 0 Å². The van der Waals surface area contributed by atoms with Gasteiger partial charge in [0.15, 0.2) is 0 Å². The van der Waals surface area contributed by atoms with Crippen LogP contribution in [0.25, 0.3) is 16.9 Å². The Bertz CT molecular complexity index is 1120. The molecule has 4 aromatic rings. The first kappa shape index (κ1) is 17.0. The Morgan fingerprint density at radius 2 is 1.70 bits per heavy atom. The molecule has 0 saturated heterocycles. The summed E-state index contributed by atoms with van der Waals surface area (Å²) in [6, 6.07) is 16.3. The van der Waals surface area contributed by atoms with Crippen molar-refractivity contribution in [2.24, 2.45) is 0 Å². The molecule has 0 fully saturated rings. The van der Waals surface area contributed by atoms with Crippen LogP contribution in [0, 0.1) is 18.6 Å². The van der Waals surface area contributed by atoms with Gasteiger partial charge in [-0.1, -0.05) is 12.1 Å². The molecule has 0 amide bonds. The molecule has 0 aliphatic heterocycles. The van der Waals surface area contributed by atoms with Gasteiger partial charge in [-0.2, -0.15) is 0 Å². The van der Waals surface area contributed by atoms with E-state index in [1.54, 1.807) is 24.3 Å². The predicted molar refractivity (Wildman–Crippen MR) is 102 cm³/mol. The highest BCUT2D eigenvalue weighted by atomic mass is 19.1. The summed E-state index contributed by atoms with van der Waals surface area (Å²) in [6.45, 7) is 1.94. The van der Waals surface area contributed by atoms with Gasteiger partial charge in [-0.25, -0.2) is 13.8 Å². The summed E-state index contributed by atoms with van der Waals surface area (Å²) in [5.41, 5.74) is 2.94. The van der Waals surface area contributed by atoms with Gasteiger partial charge < -0.3 is 10.1 Å². The highest BCUT2D eigenvalue weighted by molar-refractivity contribution is 5.83. The summed E-state index contributed by atoms with van der Waals surface area (Å²) >= 11 is 0. The zero-order valence-electron chi connectivity index (χ0n) is 14.8. The third-order valence-electron chi connectivity index (χ3n) is 4.38. The number of rotatable bonds is 4. The maximum atomic E-state index is 14.7. The summed E-state index contributed by atoms with van der Waals surface area (Å²) in [5, 5.41) is 3.25. The van der Waals surface area contributed by atoms with Crippen LogP contribution in [0.5, 0.6) is 5.75 Å². The Labute approximate surface area is 155 Å². The average Bonchev–Trinajstić information content (AvgIpc) is 3.02. The summed E-state index contributed by atoms with van der Waals surface area (Å²) < 4.78 is 35.2. The average molecular weight is 365 g/mol. The molecule has 0 spiro atoms. The molecular weight excluding hydrogens is 348 g/mol. The van der Waals surface area contributed by atoms with E-state index in [4.69, 9.17) is 4.74 Å². The molecule has 4 nitrogen and oxygen atoms in total. The summed E-state index contributed by atoms with van der Waals surface area (Å²) in [7, 11) is 1.49. The van der Waals surface area contributed by atoms with Crippen molar-refractivity contribution in [3.63, 3.8) is 0 Å². The minimum atomic E-state index is -0.433. The first-order valence-electron chi connectivity index (χ1n) is 8.42. The monoisotopic (exact) mass is 365 g/mol. The Kier molecular flexibility index (Phi) is 4.24. The van der Waals surface area contributed by atoms with Gasteiger partial charge in [0.25, 0.3) is 0 Å². The molecule has 2 aromatic carbocycles. The highest BCUT2D eigenvalue weighted by Gasteiger charge is 2.22. The van der Waals surface area contributed by atoms with Crippen molar-refractivity contribution in [1.29, 1.82) is 0 Å². The van der Waals surface area contributed by atoms with Crippen molar-refractivity contribution < 1.29 is 13.5 Å². The van der Waals surface area contributed by atoms with Crippen molar-refractivity contribution in [3.8, 4) is 17.0 Å². The summed E-state index contributed by atoms with van der Waals surface area (Å²) in [6.07, 6.45) is 0. The quantitative estimate of drug-likeness (QED) is 0.530. The molecule has 136 valence electrons. The normalized spacial score (nSPS) is 11.0. The van der Waals surface area contributed by atoms with Crippen LogP contribution in [-0.4, -0.2) is 16.5 Å². The number of fused-ring (bicyclic) bond motifs is 1. The third kappa shape index (κ3) is 2.99. The lowest BCUT2D eigenvalue weighted by Gasteiger charge is -2.13. The van der Waals surface area contributed by atoms with E-state index < -0.39 is 5.82 Å². The van der Waals surface area contributed by atoms with Crippen LogP contribution < -0.4 is 10.1 Å². The SMILES string of the molecule is COc1cccc(F)c1-c1nc2cccc(C)n2c1Nc1ccc(F)cc1. The molecule has 0 bridgehead atoms. The second kappa shape index (κ2) is 6.72. The number of pyridine rings is 1. The van der Waals surface area contributed by atoms with Gasteiger partial charge in [0.2, 0.25) is 0 Å². The van der Waals surface area contributed by atoms with Crippen molar-refractivity contribution in [2.75, 3.05) is 12.4 Å². The second-order valence-electron chi connectivity index (χ2n) is 6.12. The standard InChI is InChI=1S/C21H17F2N3O/c1-13-5-3-8-18-25-20(19-16(23)6-4-7-17(19)27-2)21(26(13)18)24-15-11-9-14(22)10-12-15/h3-12,24H,1-2H3. The van der Waals surface area contributed by atoms with Crippen LogP contribution >= 0.6 is 0 Å². The topological polar surface area (TPSA) is 38.6 Å². The summed E-state index contributed by atoms with van der Waals surface area (Å²) in [5.74, 6) is 0.208. The number of benzene rings is 2.